The van der Waals surface area contributed by atoms with Gasteiger partial charge in [0.1, 0.15) is 0 Å². The van der Waals surface area contributed by atoms with Crippen LogP contribution in [0.5, 0.6) is 0 Å². The zero-order valence-corrected chi connectivity index (χ0v) is 13.0. The second kappa shape index (κ2) is 14.7. The molecular weight excluding hydrogens is 270 g/mol. The van der Waals surface area contributed by atoms with Gasteiger partial charge in [-0.2, -0.15) is 0 Å². The molecule has 0 saturated heterocycles. The number of amides is 1. The number of rotatable bonds is 12. The van der Waals surface area contributed by atoms with E-state index in [1.807, 2.05) is 0 Å². The van der Waals surface area contributed by atoms with Crippen LogP contribution in [0.3, 0.4) is 0 Å². The summed E-state index contributed by atoms with van der Waals surface area (Å²) in [6.07, 6.45) is 12.7. The van der Waals surface area contributed by atoms with Crippen molar-refractivity contribution in [1.29, 1.82) is 0 Å². The molecule has 0 saturated carbocycles. The molecular formula is C16H27NO4. The van der Waals surface area contributed by atoms with E-state index in [4.69, 9.17) is 11.2 Å². The molecule has 0 heterocycles. The fraction of sp³-hybridized carbons (Fsp3) is 0.750. The molecule has 0 aliphatic heterocycles. The van der Waals surface area contributed by atoms with Crippen molar-refractivity contribution in [3.63, 3.8) is 0 Å². The van der Waals surface area contributed by atoms with Gasteiger partial charge in [-0.25, -0.2) is 4.79 Å². The molecule has 0 bridgehead atoms. The maximum Gasteiger partial charge on any atom is 0.408 e. The van der Waals surface area contributed by atoms with Gasteiger partial charge >= 0.3 is 12.1 Å². The molecule has 0 unspecified atom stereocenters. The number of carbonyl (C=O) groups is 2. The van der Waals surface area contributed by atoms with Crippen molar-refractivity contribution in [2.45, 2.75) is 58.3 Å². The minimum Gasteiger partial charge on any atom is -0.466 e. The third kappa shape index (κ3) is 14.5. The second-order valence-corrected chi connectivity index (χ2v) is 4.80. The number of terminal acetylenes is 1. The van der Waals surface area contributed by atoms with Crippen LogP contribution < -0.4 is 5.32 Å². The molecule has 0 aromatic rings. The molecule has 5 nitrogen and oxygen atoms in total. The quantitative estimate of drug-likeness (QED) is 0.341. The summed E-state index contributed by atoms with van der Waals surface area (Å²) in [5.74, 6) is 1.87. The summed E-state index contributed by atoms with van der Waals surface area (Å²) in [5, 5.41) is 2.42. The predicted molar refractivity (Wildman–Crippen MR) is 81.8 cm³/mol. The van der Waals surface area contributed by atoms with Gasteiger partial charge in [0, 0.05) is 6.54 Å². The Morgan fingerprint density at radius 1 is 1.05 bits per heavy atom. The molecule has 0 aromatic heterocycles. The van der Waals surface area contributed by atoms with E-state index in [9.17, 15) is 9.59 Å². The average Bonchev–Trinajstić information content (AvgIpc) is 2.48. The summed E-state index contributed by atoms with van der Waals surface area (Å²) in [6.45, 7) is 2.77. The van der Waals surface area contributed by atoms with Gasteiger partial charge in [0.25, 0.3) is 0 Å². The van der Waals surface area contributed by atoms with Crippen LogP contribution in [0.2, 0.25) is 0 Å². The number of ether oxygens (including phenoxy) is 2. The Balaban J connectivity index is 3.31. The highest BCUT2D eigenvalue weighted by Gasteiger charge is 2.05. The Kier molecular flexibility index (Phi) is 13.5. The topological polar surface area (TPSA) is 64.6 Å². The van der Waals surface area contributed by atoms with Gasteiger partial charge in [0.05, 0.1) is 13.0 Å². The van der Waals surface area contributed by atoms with E-state index >= 15 is 0 Å². The van der Waals surface area contributed by atoms with Crippen molar-refractivity contribution < 1.29 is 19.1 Å². The lowest BCUT2D eigenvalue weighted by molar-refractivity contribution is -0.143. The number of nitrogens with one attached hydrogen (secondary N) is 1. The first-order valence-electron chi connectivity index (χ1n) is 7.70. The molecule has 0 radical (unpaired) electrons. The van der Waals surface area contributed by atoms with Gasteiger partial charge < -0.3 is 14.8 Å². The van der Waals surface area contributed by atoms with Gasteiger partial charge in [-0.3, -0.25) is 4.79 Å². The molecule has 0 atom stereocenters. The van der Waals surface area contributed by atoms with E-state index in [1.165, 1.54) is 32.1 Å². The molecule has 21 heavy (non-hydrogen) atoms. The fourth-order valence-electron chi connectivity index (χ4n) is 1.74. The minimum absolute atomic E-state index is 0.0749. The molecule has 0 aliphatic carbocycles. The van der Waals surface area contributed by atoms with Crippen LogP contribution in [0.25, 0.3) is 0 Å². The van der Waals surface area contributed by atoms with Gasteiger partial charge in [0.15, 0.2) is 6.61 Å². The van der Waals surface area contributed by atoms with Crippen molar-refractivity contribution in [3.8, 4) is 12.3 Å². The standard InChI is InChI=1S/C16H27NO4/c1-3-5-6-7-8-9-10-14-20-15(18)11-12-17-16(19)21-13-4-2/h2H,3,5-14H2,1H3,(H,17,19). The molecule has 0 fully saturated rings. The molecule has 0 rings (SSSR count). The van der Waals surface area contributed by atoms with Gasteiger partial charge in [-0.15, -0.1) is 6.42 Å². The number of hydrogen-bond donors (Lipinski definition) is 1. The van der Waals surface area contributed by atoms with E-state index in [1.54, 1.807) is 0 Å². The SMILES string of the molecule is C#CCOC(=O)NCCC(=O)OCCCCCCCCC. The first-order valence-corrected chi connectivity index (χ1v) is 7.70. The summed E-state index contributed by atoms with van der Waals surface area (Å²) in [5.41, 5.74) is 0. The third-order valence-electron chi connectivity index (χ3n) is 2.90. The Morgan fingerprint density at radius 3 is 2.38 bits per heavy atom. The van der Waals surface area contributed by atoms with Crippen molar-refractivity contribution >= 4 is 12.1 Å². The van der Waals surface area contributed by atoms with Crippen molar-refractivity contribution in [2.24, 2.45) is 0 Å². The predicted octanol–water partition coefficient (Wildman–Crippen LogP) is 3.03. The maximum absolute atomic E-state index is 11.4. The van der Waals surface area contributed by atoms with Crippen LogP contribution in [0.15, 0.2) is 0 Å². The zero-order valence-electron chi connectivity index (χ0n) is 13.0. The average molecular weight is 297 g/mol. The number of carbonyl (C=O) groups excluding carboxylic acids is 2. The Labute approximate surface area is 127 Å². The summed E-state index contributed by atoms with van der Waals surface area (Å²) in [4.78, 5) is 22.4. The summed E-state index contributed by atoms with van der Waals surface area (Å²) >= 11 is 0. The highest BCUT2D eigenvalue weighted by molar-refractivity contribution is 5.71. The van der Waals surface area contributed by atoms with Crippen molar-refractivity contribution in [3.05, 3.63) is 0 Å². The molecule has 0 aromatic carbocycles. The van der Waals surface area contributed by atoms with Crippen molar-refractivity contribution in [2.75, 3.05) is 19.8 Å². The van der Waals surface area contributed by atoms with E-state index in [2.05, 4.69) is 22.9 Å². The van der Waals surface area contributed by atoms with Crippen molar-refractivity contribution in [1.82, 2.24) is 5.32 Å². The number of unbranched alkanes of at least 4 members (excludes halogenated alkanes) is 6. The van der Waals surface area contributed by atoms with E-state index in [-0.39, 0.29) is 25.5 Å². The molecule has 5 heteroatoms. The summed E-state index contributed by atoms with van der Waals surface area (Å²) in [6, 6.07) is 0. The smallest absolute Gasteiger partial charge is 0.408 e. The summed E-state index contributed by atoms with van der Waals surface area (Å²) in [7, 11) is 0. The molecule has 1 N–H and O–H groups in total. The second-order valence-electron chi connectivity index (χ2n) is 4.80. The van der Waals surface area contributed by atoms with Crippen LogP contribution in [0.1, 0.15) is 58.3 Å². The highest BCUT2D eigenvalue weighted by Crippen LogP contribution is 2.06. The third-order valence-corrected chi connectivity index (χ3v) is 2.90. The molecule has 0 aliphatic rings. The summed E-state index contributed by atoms with van der Waals surface area (Å²) < 4.78 is 9.66. The monoisotopic (exact) mass is 297 g/mol. The fourth-order valence-corrected chi connectivity index (χ4v) is 1.74. The molecule has 120 valence electrons. The van der Waals surface area contributed by atoms with E-state index < -0.39 is 6.09 Å². The van der Waals surface area contributed by atoms with Crippen LogP contribution >= 0.6 is 0 Å². The number of alkyl carbamates (subject to hydrolysis) is 1. The van der Waals surface area contributed by atoms with Gasteiger partial charge in [0.2, 0.25) is 0 Å². The Bertz CT molecular complexity index is 323. The highest BCUT2D eigenvalue weighted by atomic mass is 16.5. The van der Waals surface area contributed by atoms with Crippen LogP contribution in [-0.4, -0.2) is 31.8 Å². The Hall–Kier alpha value is -1.70. The minimum atomic E-state index is -0.618. The Morgan fingerprint density at radius 2 is 1.71 bits per heavy atom. The zero-order chi connectivity index (χ0) is 15.8. The van der Waals surface area contributed by atoms with E-state index in [0.717, 1.165) is 12.8 Å². The molecule has 1 amide bonds. The normalized spacial score (nSPS) is 9.71. The lowest BCUT2D eigenvalue weighted by atomic mass is 10.1. The lowest BCUT2D eigenvalue weighted by Crippen LogP contribution is -2.27. The first-order chi connectivity index (χ1) is 10.2. The number of esters is 1. The van der Waals surface area contributed by atoms with Gasteiger partial charge in [-0.05, 0) is 6.42 Å². The van der Waals surface area contributed by atoms with E-state index in [0.29, 0.717) is 6.61 Å². The number of hydrogen-bond acceptors (Lipinski definition) is 4. The maximum atomic E-state index is 11.4. The largest absolute Gasteiger partial charge is 0.466 e. The molecule has 0 spiro atoms. The van der Waals surface area contributed by atoms with Gasteiger partial charge in [-0.1, -0.05) is 51.4 Å². The first kappa shape index (κ1) is 19.3. The lowest BCUT2D eigenvalue weighted by Gasteiger charge is -2.06. The van der Waals surface area contributed by atoms with Crippen LogP contribution in [-0.2, 0) is 14.3 Å². The van der Waals surface area contributed by atoms with Crippen LogP contribution in [0, 0.1) is 12.3 Å². The van der Waals surface area contributed by atoms with Crippen LogP contribution in [0.4, 0.5) is 4.79 Å².